The van der Waals surface area contributed by atoms with Crippen LogP contribution in [0, 0.1) is 5.92 Å². The van der Waals surface area contributed by atoms with E-state index >= 15 is 0 Å². The summed E-state index contributed by atoms with van der Waals surface area (Å²) in [4.78, 5) is 19.5. The van der Waals surface area contributed by atoms with Crippen molar-refractivity contribution in [2.75, 3.05) is 59.4 Å². The van der Waals surface area contributed by atoms with Gasteiger partial charge in [-0.3, -0.25) is 9.69 Å². The Morgan fingerprint density at radius 3 is 2.52 bits per heavy atom. The number of likely N-dealkylation sites (N-methyl/N-ethyl adjacent to an activating group) is 1. The number of hydrogen-bond donors (Lipinski definition) is 1. The first-order valence-electron chi connectivity index (χ1n) is 10.6. The summed E-state index contributed by atoms with van der Waals surface area (Å²) in [6, 6.07) is 10.6. The number of hydrogen-bond acceptors (Lipinski definition) is 4. The Balaban J connectivity index is 1.29. The van der Waals surface area contributed by atoms with Gasteiger partial charge in [-0.15, -0.1) is 0 Å². The van der Waals surface area contributed by atoms with Crippen molar-refractivity contribution in [1.29, 1.82) is 0 Å². The molecule has 1 amide bonds. The summed E-state index contributed by atoms with van der Waals surface area (Å²) < 4.78 is 0. The van der Waals surface area contributed by atoms with E-state index in [0.717, 1.165) is 77.7 Å². The normalized spacial score (nSPS) is 19.6. The van der Waals surface area contributed by atoms with Crippen LogP contribution >= 0.6 is 0 Å². The van der Waals surface area contributed by atoms with Crippen LogP contribution in [0.15, 0.2) is 30.3 Å². The molecule has 0 radical (unpaired) electrons. The number of nitrogens with zero attached hydrogens (tertiary/aromatic N) is 3. The predicted octanol–water partition coefficient (Wildman–Crippen LogP) is 2.04. The van der Waals surface area contributed by atoms with E-state index in [1.54, 1.807) is 0 Å². The topological polar surface area (TPSA) is 38.8 Å². The zero-order chi connectivity index (χ0) is 18.9. The van der Waals surface area contributed by atoms with Crippen LogP contribution in [0.2, 0.25) is 0 Å². The van der Waals surface area contributed by atoms with Gasteiger partial charge in [0.1, 0.15) is 0 Å². The van der Waals surface area contributed by atoms with Gasteiger partial charge in [-0.2, -0.15) is 0 Å². The van der Waals surface area contributed by atoms with Crippen molar-refractivity contribution in [1.82, 2.24) is 20.0 Å². The Morgan fingerprint density at radius 2 is 1.81 bits per heavy atom. The number of piperazine rings is 1. The van der Waals surface area contributed by atoms with Gasteiger partial charge < -0.3 is 15.1 Å². The fourth-order valence-electron chi connectivity index (χ4n) is 4.16. The third-order valence-corrected chi connectivity index (χ3v) is 6.04. The molecule has 2 aliphatic rings. The molecular weight excluding hydrogens is 336 g/mol. The van der Waals surface area contributed by atoms with Crippen molar-refractivity contribution < 1.29 is 4.79 Å². The van der Waals surface area contributed by atoms with Crippen LogP contribution in [-0.2, 0) is 11.3 Å². The summed E-state index contributed by atoms with van der Waals surface area (Å²) >= 11 is 0. The van der Waals surface area contributed by atoms with Crippen LogP contribution < -0.4 is 5.32 Å². The minimum absolute atomic E-state index is 0.370. The van der Waals surface area contributed by atoms with Gasteiger partial charge in [-0.05, 0) is 50.9 Å². The van der Waals surface area contributed by atoms with Crippen LogP contribution in [0.1, 0.15) is 31.2 Å². The van der Waals surface area contributed by atoms with Gasteiger partial charge in [0.2, 0.25) is 5.91 Å². The Hall–Kier alpha value is -1.43. The molecule has 0 aliphatic carbocycles. The van der Waals surface area contributed by atoms with Crippen molar-refractivity contribution in [3.63, 3.8) is 0 Å². The zero-order valence-corrected chi connectivity index (χ0v) is 16.9. The summed E-state index contributed by atoms with van der Waals surface area (Å²) in [7, 11) is 2.19. The molecule has 150 valence electrons. The Kier molecular flexibility index (Phi) is 8.11. The molecule has 2 saturated heterocycles. The van der Waals surface area contributed by atoms with Crippen molar-refractivity contribution in [2.45, 2.75) is 32.2 Å². The van der Waals surface area contributed by atoms with E-state index in [1.807, 2.05) is 0 Å². The SMILES string of the molecule is CN(CCN1CCN(C(=O)CCC2CCNCC2)CC1)Cc1ccccc1. The third-order valence-electron chi connectivity index (χ3n) is 6.04. The molecule has 5 nitrogen and oxygen atoms in total. The fourth-order valence-corrected chi connectivity index (χ4v) is 4.16. The maximum atomic E-state index is 12.5. The number of piperidine rings is 1. The molecule has 2 aliphatic heterocycles. The van der Waals surface area contributed by atoms with Gasteiger partial charge in [-0.1, -0.05) is 30.3 Å². The molecule has 3 rings (SSSR count). The van der Waals surface area contributed by atoms with E-state index in [2.05, 4.69) is 57.4 Å². The highest BCUT2D eigenvalue weighted by Crippen LogP contribution is 2.18. The largest absolute Gasteiger partial charge is 0.340 e. The van der Waals surface area contributed by atoms with E-state index in [4.69, 9.17) is 0 Å². The minimum atomic E-state index is 0.370. The average molecular weight is 373 g/mol. The molecule has 0 bridgehead atoms. The first kappa shape index (κ1) is 20.3. The van der Waals surface area contributed by atoms with Gasteiger partial charge in [0, 0.05) is 52.2 Å². The molecule has 2 fully saturated rings. The zero-order valence-electron chi connectivity index (χ0n) is 16.9. The van der Waals surface area contributed by atoms with Crippen LogP contribution in [0.4, 0.5) is 0 Å². The summed E-state index contributed by atoms with van der Waals surface area (Å²) in [5.74, 6) is 1.12. The van der Waals surface area contributed by atoms with Crippen LogP contribution in [0.25, 0.3) is 0 Å². The van der Waals surface area contributed by atoms with Gasteiger partial charge in [0.25, 0.3) is 0 Å². The number of amides is 1. The Labute approximate surface area is 164 Å². The molecule has 0 saturated carbocycles. The Bertz CT molecular complexity index is 551. The maximum absolute atomic E-state index is 12.5. The second-order valence-corrected chi connectivity index (χ2v) is 8.18. The lowest BCUT2D eigenvalue weighted by molar-refractivity contribution is -0.133. The number of rotatable bonds is 8. The van der Waals surface area contributed by atoms with E-state index in [-0.39, 0.29) is 0 Å². The maximum Gasteiger partial charge on any atom is 0.222 e. The lowest BCUT2D eigenvalue weighted by atomic mass is 9.93. The molecule has 1 aromatic carbocycles. The molecule has 1 N–H and O–H groups in total. The molecule has 0 aromatic heterocycles. The highest BCUT2D eigenvalue weighted by atomic mass is 16.2. The number of carbonyl (C=O) groups is 1. The lowest BCUT2D eigenvalue weighted by Gasteiger charge is -2.36. The average Bonchev–Trinajstić information content (AvgIpc) is 2.72. The summed E-state index contributed by atoms with van der Waals surface area (Å²) in [6.45, 7) is 9.21. The van der Waals surface area contributed by atoms with Gasteiger partial charge in [-0.25, -0.2) is 0 Å². The predicted molar refractivity (Wildman–Crippen MR) is 111 cm³/mol. The van der Waals surface area contributed by atoms with Crippen LogP contribution in [0.5, 0.6) is 0 Å². The summed E-state index contributed by atoms with van der Waals surface area (Å²) in [6.07, 6.45) is 4.28. The van der Waals surface area contributed by atoms with E-state index in [0.29, 0.717) is 5.91 Å². The van der Waals surface area contributed by atoms with Gasteiger partial charge in [0.15, 0.2) is 0 Å². The molecule has 5 heteroatoms. The number of carbonyl (C=O) groups excluding carboxylic acids is 1. The van der Waals surface area contributed by atoms with E-state index < -0.39 is 0 Å². The van der Waals surface area contributed by atoms with Crippen molar-refractivity contribution >= 4 is 5.91 Å². The second-order valence-electron chi connectivity index (χ2n) is 8.18. The van der Waals surface area contributed by atoms with Crippen LogP contribution in [0.3, 0.4) is 0 Å². The molecule has 2 heterocycles. The molecular formula is C22H36N4O. The Morgan fingerprint density at radius 1 is 1.11 bits per heavy atom. The molecule has 0 atom stereocenters. The van der Waals surface area contributed by atoms with Crippen molar-refractivity contribution in [2.24, 2.45) is 5.92 Å². The van der Waals surface area contributed by atoms with Crippen molar-refractivity contribution in [3.05, 3.63) is 35.9 Å². The summed E-state index contributed by atoms with van der Waals surface area (Å²) in [5.41, 5.74) is 1.36. The standard InChI is InChI=1S/C22H36N4O/c1-24(19-21-5-3-2-4-6-21)13-14-25-15-17-26(18-16-25)22(27)8-7-20-9-11-23-12-10-20/h2-6,20,23H,7-19H2,1H3. The fraction of sp³-hybridized carbons (Fsp3) is 0.682. The quantitative estimate of drug-likeness (QED) is 0.758. The molecule has 1 aromatic rings. The van der Waals surface area contributed by atoms with Crippen molar-refractivity contribution in [3.8, 4) is 0 Å². The third kappa shape index (κ3) is 6.91. The molecule has 0 unspecified atom stereocenters. The second kappa shape index (κ2) is 10.8. The highest BCUT2D eigenvalue weighted by molar-refractivity contribution is 5.76. The van der Waals surface area contributed by atoms with Crippen LogP contribution in [-0.4, -0.2) is 80.0 Å². The smallest absolute Gasteiger partial charge is 0.222 e. The van der Waals surface area contributed by atoms with E-state index in [9.17, 15) is 4.79 Å². The first-order chi connectivity index (χ1) is 13.2. The first-order valence-corrected chi connectivity index (χ1v) is 10.6. The molecule has 0 spiro atoms. The monoisotopic (exact) mass is 372 g/mol. The number of nitrogens with one attached hydrogen (secondary N) is 1. The molecule has 27 heavy (non-hydrogen) atoms. The lowest BCUT2D eigenvalue weighted by Crippen LogP contribution is -2.50. The number of benzene rings is 1. The van der Waals surface area contributed by atoms with E-state index in [1.165, 1.54) is 18.4 Å². The summed E-state index contributed by atoms with van der Waals surface area (Å²) in [5, 5.41) is 3.40. The minimum Gasteiger partial charge on any atom is -0.340 e. The van der Waals surface area contributed by atoms with Gasteiger partial charge in [0.05, 0.1) is 0 Å². The van der Waals surface area contributed by atoms with Gasteiger partial charge >= 0.3 is 0 Å². The highest BCUT2D eigenvalue weighted by Gasteiger charge is 2.22.